The van der Waals surface area contributed by atoms with E-state index in [0.717, 1.165) is 0 Å². The number of hydrogen-bond donors (Lipinski definition) is 0. The molecule has 0 amide bonds. The second kappa shape index (κ2) is 25.6. The van der Waals surface area contributed by atoms with Crippen LogP contribution < -0.4 is 47.9 Å². The van der Waals surface area contributed by atoms with Gasteiger partial charge in [0.1, 0.15) is 0 Å². The molecule has 3 nitrogen and oxygen atoms in total. The van der Waals surface area contributed by atoms with Crippen molar-refractivity contribution in [3.8, 4) is 0 Å². The van der Waals surface area contributed by atoms with Gasteiger partial charge in [0.05, 0.1) is 16.8 Å². The summed E-state index contributed by atoms with van der Waals surface area (Å²) in [5, 5.41) is 16.7. The van der Waals surface area contributed by atoms with Crippen LogP contribution in [0.1, 0.15) is 0 Å². The fraction of sp³-hybridized carbons (Fsp3) is 0. The van der Waals surface area contributed by atoms with Gasteiger partial charge in [-0.15, -0.1) is 0 Å². The maximum absolute atomic E-state index is 8.33. The zero-order chi connectivity index (χ0) is 3.58. The van der Waals surface area contributed by atoms with Crippen LogP contribution in [0.15, 0.2) is 0 Å². The number of carboxylic acid groups (broad SMARTS) is 2. The molecule has 0 aromatic carbocycles. The van der Waals surface area contributed by atoms with E-state index in [2.05, 4.69) is 0 Å². The van der Waals surface area contributed by atoms with Crippen molar-refractivity contribution >= 4 is 23.0 Å². The van der Waals surface area contributed by atoms with Crippen molar-refractivity contribution < 1.29 is 52.7 Å². The van der Waals surface area contributed by atoms with Crippen LogP contribution in [0.3, 0.4) is 0 Å². The Morgan fingerprint density at radius 3 is 1.00 bits per heavy atom. The molecule has 0 aromatic heterocycles. The van der Waals surface area contributed by atoms with Gasteiger partial charge in [-0.3, -0.25) is 0 Å². The first kappa shape index (κ1) is 38.4. The van der Waals surface area contributed by atoms with Crippen molar-refractivity contribution in [2.24, 2.45) is 0 Å². The average molecular weight is 102 g/mol. The van der Waals surface area contributed by atoms with Crippen LogP contribution in [0, 0.1) is 0 Å². The summed E-state index contributed by atoms with van der Waals surface area (Å²) in [5.41, 5.74) is 0. The first-order valence-corrected chi connectivity index (χ1v) is 0.612. The van der Waals surface area contributed by atoms with Gasteiger partial charge in [-0.2, -0.15) is 0 Å². The van der Waals surface area contributed by atoms with E-state index in [0.29, 0.717) is 0 Å². The number of carbonyl (C=O) groups is 1. The number of rotatable bonds is 0. The van der Waals surface area contributed by atoms with Crippen LogP contribution in [0.4, 0.5) is 4.79 Å². The molecule has 0 heterocycles. The molecular formula is CH6B2Li2O3. The fourth-order valence-electron chi connectivity index (χ4n) is 0. The van der Waals surface area contributed by atoms with Crippen LogP contribution in [-0.4, -0.2) is 23.0 Å². The molecule has 8 heavy (non-hydrogen) atoms. The molecule has 0 saturated carbocycles. The van der Waals surface area contributed by atoms with Gasteiger partial charge in [-0.25, -0.2) is 0 Å². The standard InChI is InChI=1S/CH2O3.2BH3.2Li/c2-1(3)4;;;;/h(H2,2,3,4);2*1H3;;/q;;;2*+1/p-2. The Kier molecular flexibility index (Phi) is 123. The second-order valence-corrected chi connectivity index (χ2v) is 0.250. The molecule has 0 spiro atoms. The Morgan fingerprint density at radius 1 is 1.00 bits per heavy atom. The molecular weight excluding hydrogens is 95.5 g/mol. The normalized spacial score (nSPS) is 3.00. The zero-order valence-corrected chi connectivity index (χ0v) is 3.72. The van der Waals surface area contributed by atoms with Gasteiger partial charge in [-0.1, -0.05) is 0 Å². The van der Waals surface area contributed by atoms with Gasteiger partial charge in [0.2, 0.25) is 0 Å². The van der Waals surface area contributed by atoms with E-state index in [9.17, 15) is 0 Å². The maximum atomic E-state index is 8.33. The summed E-state index contributed by atoms with van der Waals surface area (Å²) in [7, 11) is 0. The SMILES string of the molecule is B.B.O=C([O-])[O-].[Li+].[Li+]. The minimum absolute atomic E-state index is 0. The van der Waals surface area contributed by atoms with Gasteiger partial charge >= 0.3 is 37.7 Å². The van der Waals surface area contributed by atoms with E-state index in [4.69, 9.17) is 15.0 Å². The van der Waals surface area contributed by atoms with Crippen molar-refractivity contribution in [2.45, 2.75) is 0 Å². The Morgan fingerprint density at radius 2 is 1.00 bits per heavy atom. The summed E-state index contributed by atoms with van der Waals surface area (Å²) in [6.07, 6.45) is -2.33. The monoisotopic (exact) mass is 102 g/mol. The largest absolute Gasteiger partial charge is 1.00 e. The summed E-state index contributed by atoms with van der Waals surface area (Å²) in [6.45, 7) is 0. The number of carbonyl (C=O) groups excluding carboxylic acids is 1. The van der Waals surface area contributed by atoms with Gasteiger partial charge in [-0.05, 0) is 6.16 Å². The minimum atomic E-state index is -2.33. The molecule has 0 aromatic rings. The van der Waals surface area contributed by atoms with Gasteiger partial charge in [0, 0.05) is 0 Å². The summed E-state index contributed by atoms with van der Waals surface area (Å²) in [6, 6.07) is 0. The quantitative estimate of drug-likeness (QED) is 0.285. The molecule has 0 atom stereocenters. The first-order valence-electron chi connectivity index (χ1n) is 0.612. The molecule has 0 rings (SSSR count). The molecule has 0 aliphatic heterocycles. The Balaban J connectivity index is -0.00000000750. The predicted octanol–water partition coefficient (Wildman–Crippen LogP) is -10.8. The number of hydrogen-bond acceptors (Lipinski definition) is 3. The molecule has 7 heteroatoms. The van der Waals surface area contributed by atoms with Gasteiger partial charge < -0.3 is 15.0 Å². The van der Waals surface area contributed by atoms with Crippen LogP contribution in [0.2, 0.25) is 0 Å². The van der Waals surface area contributed by atoms with E-state index in [1.807, 2.05) is 0 Å². The third-order valence-corrected chi connectivity index (χ3v) is 0. The van der Waals surface area contributed by atoms with Crippen LogP contribution >= 0.6 is 0 Å². The smallest absolute Gasteiger partial charge is 0.652 e. The van der Waals surface area contributed by atoms with E-state index < -0.39 is 6.16 Å². The van der Waals surface area contributed by atoms with Gasteiger partial charge in [0.25, 0.3) is 0 Å². The third kappa shape index (κ3) is 584. The molecule has 0 N–H and O–H groups in total. The van der Waals surface area contributed by atoms with E-state index in [1.165, 1.54) is 0 Å². The fourth-order valence-corrected chi connectivity index (χ4v) is 0. The van der Waals surface area contributed by atoms with Crippen LogP contribution in [0.25, 0.3) is 0 Å². The summed E-state index contributed by atoms with van der Waals surface area (Å²) < 4.78 is 0. The third-order valence-electron chi connectivity index (χ3n) is 0. The Labute approximate surface area is 75.7 Å². The van der Waals surface area contributed by atoms with Gasteiger partial charge in [0.15, 0.2) is 0 Å². The molecule has 0 fully saturated rings. The predicted molar refractivity (Wildman–Crippen MR) is 25.3 cm³/mol. The Hall–Kier alpha value is 0.595. The molecule has 0 bridgehead atoms. The van der Waals surface area contributed by atoms with Crippen molar-refractivity contribution in [3.63, 3.8) is 0 Å². The van der Waals surface area contributed by atoms with Crippen LogP contribution in [-0.2, 0) is 0 Å². The van der Waals surface area contributed by atoms with E-state index in [1.54, 1.807) is 0 Å². The van der Waals surface area contributed by atoms with Crippen molar-refractivity contribution in [2.75, 3.05) is 0 Å². The van der Waals surface area contributed by atoms with Crippen molar-refractivity contribution in [1.29, 1.82) is 0 Å². The second-order valence-electron chi connectivity index (χ2n) is 0.250. The van der Waals surface area contributed by atoms with Crippen molar-refractivity contribution in [1.82, 2.24) is 0 Å². The molecule has 36 valence electrons. The van der Waals surface area contributed by atoms with E-state index >= 15 is 0 Å². The summed E-state index contributed by atoms with van der Waals surface area (Å²) in [5.74, 6) is 0. The molecule has 0 aliphatic rings. The molecule has 0 radical (unpaired) electrons. The summed E-state index contributed by atoms with van der Waals surface area (Å²) >= 11 is 0. The molecule has 0 saturated heterocycles. The van der Waals surface area contributed by atoms with E-state index in [-0.39, 0.29) is 54.5 Å². The average Bonchev–Trinajstić information content (AvgIpc) is 0.811. The summed E-state index contributed by atoms with van der Waals surface area (Å²) in [4.78, 5) is 8.33. The van der Waals surface area contributed by atoms with Crippen molar-refractivity contribution in [3.05, 3.63) is 0 Å². The first-order chi connectivity index (χ1) is 1.73. The minimum Gasteiger partial charge on any atom is -0.652 e. The maximum Gasteiger partial charge on any atom is 1.00 e. The topological polar surface area (TPSA) is 63.2 Å². The van der Waals surface area contributed by atoms with Crippen LogP contribution in [0.5, 0.6) is 0 Å². The molecule has 0 unspecified atom stereocenters. The Bertz CT molecular complexity index is 38.3. The molecule has 0 aliphatic carbocycles. The zero-order valence-electron chi connectivity index (χ0n) is 3.72.